The van der Waals surface area contributed by atoms with Gasteiger partial charge in [-0.15, -0.1) is 0 Å². The molecule has 0 saturated heterocycles. The lowest BCUT2D eigenvalue weighted by atomic mass is 10.1. The van der Waals surface area contributed by atoms with E-state index in [0.29, 0.717) is 6.04 Å². The minimum absolute atomic E-state index is 0.399. The van der Waals surface area contributed by atoms with Gasteiger partial charge in [0.25, 0.3) is 0 Å². The fourth-order valence-electron chi connectivity index (χ4n) is 1.58. The normalized spacial score (nSPS) is 21.8. The van der Waals surface area contributed by atoms with Gasteiger partial charge in [0.1, 0.15) is 4.62 Å². The number of hydrazone groups is 1. The van der Waals surface area contributed by atoms with Gasteiger partial charge in [-0.05, 0) is 21.5 Å². The second kappa shape index (κ2) is 3.50. The molecule has 0 fully saturated rings. The molecule has 1 unspecified atom stereocenters. The number of nitrogens with zero attached hydrogens (tertiary/aromatic N) is 2. The number of hydrogen-bond donors (Lipinski definition) is 0. The van der Waals surface area contributed by atoms with E-state index < -0.39 is 0 Å². The summed E-state index contributed by atoms with van der Waals surface area (Å²) >= 11 is 3.42. The summed E-state index contributed by atoms with van der Waals surface area (Å²) in [7, 11) is 2.01. The van der Waals surface area contributed by atoms with E-state index in [9.17, 15) is 0 Å². The average molecular weight is 239 g/mol. The summed E-state index contributed by atoms with van der Waals surface area (Å²) in [4.78, 5) is 0. The second-order valence-corrected chi connectivity index (χ2v) is 4.10. The minimum Gasteiger partial charge on any atom is -0.291 e. The largest absolute Gasteiger partial charge is 0.291 e. The smallest absolute Gasteiger partial charge is 0.105 e. The molecule has 0 N–H and O–H groups in total. The molecule has 3 heteroatoms. The van der Waals surface area contributed by atoms with Gasteiger partial charge in [-0.25, -0.2) is 0 Å². The molecule has 1 aromatic rings. The summed E-state index contributed by atoms with van der Waals surface area (Å²) in [6.45, 7) is 0. The monoisotopic (exact) mass is 238 g/mol. The summed E-state index contributed by atoms with van der Waals surface area (Å²) in [6.07, 6.45) is 0.973. The summed E-state index contributed by atoms with van der Waals surface area (Å²) in [5.41, 5.74) is 1.32. The Kier molecular flexibility index (Phi) is 2.36. The molecule has 1 heterocycles. The van der Waals surface area contributed by atoms with E-state index in [0.717, 1.165) is 11.0 Å². The van der Waals surface area contributed by atoms with Crippen LogP contribution in [0.3, 0.4) is 0 Å². The number of rotatable bonds is 1. The van der Waals surface area contributed by atoms with Crippen molar-refractivity contribution in [2.24, 2.45) is 5.10 Å². The maximum absolute atomic E-state index is 4.31. The molecule has 0 aliphatic carbocycles. The number of hydrogen-bond acceptors (Lipinski definition) is 2. The predicted molar refractivity (Wildman–Crippen MR) is 57.9 cm³/mol. The van der Waals surface area contributed by atoms with E-state index in [2.05, 4.69) is 45.3 Å². The molecule has 0 aromatic heterocycles. The number of halogens is 1. The van der Waals surface area contributed by atoms with E-state index in [1.54, 1.807) is 0 Å². The van der Waals surface area contributed by atoms with E-state index in [-0.39, 0.29) is 0 Å². The molecule has 0 spiro atoms. The van der Waals surface area contributed by atoms with Crippen LogP contribution in [0.15, 0.2) is 35.4 Å². The van der Waals surface area contributed by atoms with Crippen LogP contribution in [0.5, 0.6) is 0 Å². The van der Waals surface area contributed by atoms with Crippen LogP contribution in [-0.2, 0) is 0 Å². The lowest BCUT2D eigenvalue weighted by Gasteiger charge is -2.18. The predicted octanol–water partition coefficient (Wildman–Crippen LogP) is 2.77. The van der Waals surface area contributed by atoms with Crippen molar-refractivity contribution in [2.45, 2.75) is 12.5 Å². The maximum Gasteiger partial charge on any atom is 0.105 e. The highest BCUT2D eigenvalue weighted by Gasteiger charge is 2.23. The topological polar surface area (TPSA) is 15.6 Å². The fraction of sp³-hybridized carbons (Fsp3) is 0.300. The molecule has 0 saturated carbocycles. The Morgan fingerprint density at radius 2 is 2.08 bits per heavy atom. The van der Waals surface area contributed by atoms with Crippen LogP contribution in [0.1, 0.15) is 18.0 Å². The third-order valence-corrected chi connectivity index (χ3v) is 2.75. The molecule has 2 nitrogen and oxygen atoms in total. The molecule has 1 aliphatic heterocycles. The Morgan fingerprint density at radius 1 is 1.38 bits per heavy atom. The van der Waals surface area contributed by atoms with E-state index >= 15 is 0 Å². The zero-order valence-corrected chi connectivity index (χ0v) is 9.03. The maximum atomic E-state index is 4.31. The van der Waals surface area contributed by atoms with Crippen LogP contribution >= 0.6 is 15.9 Å². The molecule has 0 bridgehead atoms. The van der Waals surface area contributed by atoms with Crippen molar-refractivity contribution in [3.63, 3.8) is 0 Å². The van der Waals surface area contributed by atoms with Crippen LogP contribution in [0.25, 0.3) is 0 Å². The van der Waals surface area contributed by atoms with Gasteiger partial charge >= 0.3 is 0 Å². The van der Waals surface area contributed by atoms with Gasteiger partial charge in [-0.1, -0.05) is 30.3 Å². The first-order chi connectivity index (χ1) is 6.27. The van der Waals surface area contributed by atoms with Crippen LogP contribution in [0.4, 0.5) is 0 Å². The van der Waals surface area contributed by atoms with Crippen molar-refractivity contribution < 1.29 is 0 Å². The van der Waals surface area contributed by atoms with Crippen molar-refractivity contribution in [2.75, 3.05) is 7.05 Å². The second-order valence-electron chi connectivity index (χ2n) is 3.18. The van der Waals surface area contributed by atoms with Crippen molar-refractivity contribution in [3.05, 3.63) is 35.9 Å². The molecule has 1 aliphatic rings. The van der Waals surface area contributed by atoms with Gasteiger partial charge in [0, 0.05) is 13.5 Å². The Hall–Kier alpha value is -0.830. The zero-order chi connectivity index (χ0) is 9.26. The van der Waals surface area contributed by atoms with E-state index in [4.69, 9.17) is 0 Å². The molecular formula is C10H11BrN2. The molecular weight excluding hydrogens is 228 g/mol. The molecule has 68 valence electrons. The highest BCUT2D eigenvalue weighted by Crippen LogP contribution is 2.30. The van der Waals surface area contributed by atoms with E-state index in [1.165, 1.54) is 5.56 Å². The van der Waals surface area contributed by atoms with Crippen LogP contribution < -0.4 is 0 Å². The Balaban J connectivity index is 2.21. The number of benzene rings is 1. The first-order valence-electron chi connectivity index (χ1n) is 4.28. The lowest BCUT2D eigenvalue weighted by molar-refractivity contribution is 0.290. The first kappa shape index (κ1) is 8.75. The zero-order valence-electron chi connectivity index (χ0n) is 7.44. The van der Waals surface area contributed by atoms with Gasteiger partial charge in [-0.2, -0.15) is 5.10 Å². The third kappa shape index (κ3) is 1.75. The van der Waals surface area contributed by atoms with Crippen LogP contribution in [-0.4, -0.2) is 16.7 Å². The fourth-order valence-corrected chi connectivity index (χ4v) is 2.14. The van der Waals surface area contributed by atoms with Crippen molar-refractivity contribution >= 4 is 20.6 Å². The van der Waals surface area contributed by atoms with Crippen molar-refractivity contribution in [3.8, 4) is 0 Å². The Bertz CT molecular complexity index is 321. The molecule has 0 radical (unpaired) electrons. The minimum atomic E-state index is 0.399. The molecule has 1 aromatic carbocycles. The molecule has 1 atom stereocenters. The molecule has 2 rings (SSSR count). The lowest BCUT2D eigenvalue weighted by Crippen LogP contribution is -2.13. The average Bonchev–Trinajstić information content (AvgIpc) is 2.47. The van der Waals surface area contributed by atoms with Gasteiger partial charge in [-0.3, -0.25) is 5.01 Å². The quantitative estimate of drug-likeness (QED) is 0.735. The van der Waals surface area contributed by atoms with Gasteiger partial charge in [0.2, 0.25) is 0 Å². The van der Waals surface area contributed by atoms with Crippen molar-refractivity contribution in [1.29, 1.82) is 0 Å². The van der Waals surface area contributed by atoms with Gasteiger partial charge in [0.15, 0.2) is 0 Å². The Labute approximate surface area is 86.4 Å². The van der Waals surface area contributed by atoms with Crippen molar-refractivity contribution in [1.82, 2.24) is 5.01 Å². The molecule has 0 amide bonds. The highest BCUT2D eigenvalue weighted by atomic mass is 79.9. The standard InChI is InChI=1S/C10H11BrN2/c1-13-9(7-10(11)12-13)8-5-3-2-4-6-8/h2-6,9H,7H2,1H3. The molecule has 13 heavy (non-hydrogen) atoms. The SMILES string of the molecule is CN1N=C(Br)CC1c1ccccc1. The van der Waals surface area contributed by atoms with Gasteiger partial charge < -0.3 is 0 Å². The van der Waals surface area contributed by atoms with E-state index in [1.807, 2.05) is 18.1 Å². The summed E-state index contributed by atoms with van der Waals surface area (Å²) < 4.78 is 1.03. The van der Waals surface area contributed by atoms with Gasteiger partial charge in [0.05, 0.1) is 6.04 Å². The summed E-state index contributed by atoms with van der Waals surface area (Å²) in [6, 6.07) is 10.8. The van der Waals surface area contributed by atoms with Crippen LogP contribution in [0, 0.1) is 0 Å². The first-order valence-corrected chi connectivity index (χ1v) is 5.07. The summed E-state index contributed by atoms with van der Waals surface area (Å²) in [5.74, 6) is 0. The highest BCUT2D eigenvalue weighted by molar-refractivity contribution is 9.18. The Morgan fingerprint density at radius 3 is 2.62 bits per heavy atom. The third-order valence-electron chi connectivity index (χ3n) is 2.26. The van der Waals surface area contributed by atoms with Crippen LogP contribution in [0.2, 0.25) is 0 Å². The summed E-state index contributed by atoms with van der Waals surface area (Å²) in [5, 5.41) is 6.31.